The number of rotatable bonds is 2. The van der Waals surface area contributed by atoms with Crippen LogP contribution in [-0.4, -0.2) is 16.2 Å². The fraction of sp³-hybridized carbons (Fsp3) is 0.111. The van der Waals surface area contributed by atoms with E-state index in [1.54, 1.807) is 0 Å². The normalized spacial score (nSPS) is 11.8. The lowest BCUT2D eigenvalue weighted by Gasteiger charge is -2.07. The third-order valence-electron chi connectivity index (χ3n) is 1.66. The smallest absolute Gasteiger partial charge is 0.337 e. The average molecular weight is 256 g/mol. The molecule has 4 nitrogen and oxygen atoms in total. The number of benzene rings is 1. The van der Waals surface area contributed by atoms with Crippen molar-refractivity contribution in [3.8, 4) is 6.07 Å². The van der Waals surface area contributed by atoms with Gasteiger partial charge in [-0.25, -0.2) is 4.79 Å². The molecular formula is C9H6BrNO3. The first-order chi connectivity index (χ1) is 6.56. The highest BCUT2D eigenvalue weighted by Crippen LogP contribution is 2.24. The molecule has 72 valence electrons. The molecule has 0 heterocycles. The van der Waals surface area contributed by atoms with Gasteiger partial charge in [0.15, 0.2) is 6.10 Å². The number of halogens is 1. The number of nitriles is 1. The molecule has 0 spiro atoms. The van der Waals surface area contributed by atoms with Gasteiger partial charge in [0.1, 0.15) is 0 Å². The van der Waals surface area contributed by atoms with Gasteiger partial charge in [0.2, 0.25) is 0 Å². The number of aliphatic hydroxyl groups excluding tert-OH is 1. The molecule has 0 aliphatic carbocycles. The number of aliphatic carboxylic acids is 1. The summed E-state index contributed by atoms with van der Waals surface area (Å²) in [6, 6.07) is 6.22. The number of carboxylic acids is 1. The summed E-state index contributed by atoms with van der Waals surface area (Å²) in [5.41, 5.74) is 0.634. The highest BCUT2D eigenvalue weighted by Gasteiger charge is 2.18. The van der Waals surface area contributed by atoms with E-state index in [9.17, 15) is 9.90 Å². The van der Waals surface area contributed by atoms with Crippen molar-refractivity contribution in [2.24, 2.45) is 0 Å². The summed E-state index contributed by atoms with van der Waals surface area (Å²) in [7, 11) is 0. The zero-order valence-corrected chi connectivity index (χ0v) is 8.52. The molecule has 0 saturated heterocycles. The Balaban J connectivity index is 3.13. The van der Waals surface area contributed by atoms with E-state index in [0.717, 1.165) is 0 Å². The molecule has 2 N–H and O–H groups in total. The Bertz CT molecular complexity index is 411. The van der Waals surface area contributed by atoms with Gasteiger partial charge in [-0.2, -0.15) is 5.26 Å². The third-order valence-corrected chi connectivity index (χ3v) is 2.34. The van der Waals surface area contributed by atoms with Crippen molar-refractivity contribution in [2.45, 2.75) is 6.10 Å². The molecule has 1 aromatic carbocycles. The van der Waals surface area contributed by atoms with Gasteiger partial charge in [-0.1, -0.05) is 22.0 Å². The van der Waals surface area contributed by atoms with Crippen molar-refractivity contribution >= 4 is 21.9 Å². The molecule has 1 rings (SSSR count). The first-order valence-electron chi connectivity index (χ1n) is 3.66. The molecule has 0 aliphatic rings. The van der Waals surface area contributed by atoms with Crippen LogP contribution < -0.4 is 0 Å². The van der Waals surface area contributed by atoms with E-state index in [1.165, 1.54) is 18.2 Å². The quantitative estimate of drug-likeness (QED) is 0.838. The molecule has 0 aliphatic heterocycles. The van der Waals surface area contributed by atoms with Crippen LogP contribution in [0, 0.1) is 11.3 Å². The van der Waals surface area contributed by atoms with Gasteiger partial charge in [-0.3, -0.25) is 0 Å². The van der Waals surface area contributed by atoms with Gasteiger partial charge in [0.05, 0.1) is 11.6 Å². The van der Waals surface area contributed by atoms with E-state index in [4.69, 9.17) is 10.4 Å². The van der Waals surface area contributed by atoms with Crippen LogP contribution in [0.5, 0.6) is 0 Å². The van der Waals surface area contributed by atoms with E-state index < -0.39 is 12.1 Å². The monoisotopic (exact) mass is 255 g/mol. The van der Waals surface area contributed by atoms with E-state index >= 15 is 0 Å². The van der Waals surface area contributed by atoms with Crippen LogP contribution in [0.1, 0.15) is 17.2 Å². The van der Waals surface area contributed by atoms with Crippen LogP contribution in [0.25, 0.3) is 0 Å². The zero-order chi connectivity index (χ0) is 10.7. The van der Waals surface area contributed by atoms with Crippen LogP contribution in [0.4, 0.5) is 0 Å². The number of nitrogens with zero attached hydrogens (tertiary/aromatic N) is 1. The Morgan fingerprint density at radius 1 is 1.57 bits per heavy atom. The van der Waals surface area contributed by atoms with Crippen molar-refractivity contribution < 1.29 is 15.0 Å². The second-order valence-electron chi connectivity index (χ2n) is 2.59. The molecule has 0 bridgehead atoms. The molecule has 0 radical (unpaired) electrons. The minimum Gasteiger partial charge on any atom is -0.479 e. The summed E-state index contributed by atoms with van der Waals surface area (Å²) in [6.07, 6.45) is -1.57. The largest absolute Gasteiger partial charge is 0.479 e. The van der Waals surface area contributed by atoms with Crippen LogP contribution in [0.2, 0.25) is 0 Å². The van der Waals surface area contributed by atoms with Crippen LogP contribution in [0.15, 0.2) is 22.7 Å². The van der Waals surface area contributed by atoms with Gasteiger partial charge in [-0.15, -0.1) is 0 Å². The average Bonchev–Trinajstić information content (AvgIpc) is 2.16. The Hall–Kier alpha value is -1.38. The standard InChI is InChI=1S/C9H6BrNO3/c10-7-3-5(4-11)1-2-6(7)8(12)9(13)14/h1-3,8,12H,(H,13,14). The lowest BCUT2D eigenvalue weighted by Crippen LogP contribution is -2.10. The molecule has 5 heteroatoms. The first-order valence-corrected chi connectivity index (χ1v) is 4.46. The lowest BCUT2D eigenvalue weighted by molar-refractivity contribution is -0.147. The Labute approximate surface area is 88.5 Å². The minimum absolute atomic E-state index is 0.233. The van der Waals surface area contributed by atoms with E-state index in [1.807, 2.05) is 6.07 Å². The molecule has 14 heavy (non-hydrogen) atoms. The molecule has 0 amide bonds. The molecule has 0 saturated carbocycles. The van der Waals surface area contributed by atoms with Gasteiger partial charge in [0.25, 0.3) is 0 Å². The van der Waals surface area contributed by atoms with Crippen molar-refractivity contribution in [1.82, 2.24) is 0 Å². The second kappa shape index (κ2) is 4.22. The maximum atomic E-state index is 10.5. The topological polar surface area (TPSA) is 81.3 Å². The molecule has 0 aromatic heterocycles. The molecular weight excluding hydrogens is 250 g/mol. The molecule has 0 fully saturated rings. The zero-order valence-electron chi connectivity index (χ0n) is 6.94. The Morgan fingerprint density at radius 3 is 2.64 bits per heavy atom. The van der Waals surface area contributed by atoms with E-state index in [2.05, 4.69) is 15.9 Å². The van der Waals surface area contributed by atoms with Crippen molar-refractivity contribution in [1.29, 1.82) is 5.26 Å². The second-order valence-corrected chi connectivity index (χ2v) is 3.44. The highest BCUT2D eigenvalue weighted by atomic mass is 79.9. The summed E-state index contributed by atoms with van der Waals surface area (Å²) in [6.45, 7) is 0. The van der Waals surface area contributed by atoms with Gasteiger partial charge < -0.3 is 10.2 Å². The van der Waals surface area contributed by atoms with Crippen LogP contribution >= 0.6 is 15.9 Å². The fourth-order valence-corrected chi connectivity index (χ4v) is 1.55. The number of hydrogen-bond donors (Lipinski definition) is 2. The van der Waals surface area contributed by atoms with Gasteiger partial charge >= 0.3 is 5.97 Å². The SMILES string of the molecule is N#Cc1ccc(C(O)C(=O)O)c(Br)c1. The number of hydrogen-bond acceptors (Lipinski definition) is 3. The number of carboxylic acid groups (broad SMARTS) is 1. The molecule has 1 atom stereocenters. The molecule has 1 aromatic rings. The van der Waals surface area contributed by atoms with Crippen LogP contribution in [0.3, 0.4) is 0 Å². The first kappa shape index (κ1) is 10.7. The Morgan fingerprint density at radius 2 is 2.21 bits per heavy atom. The fourth-order valence-electron chi connectivity index (χ4n) is 0.951. The number of carbonyl (C=O) groups is 1. The van der Waals surface area contributed by atoms with E-state index in [-0.39, 0.29) is 5.56 Å². The van der Waals surface area contributed by atoms with Gasteiger partial charge in [-0.05, 0) is 12.1 Å². The van der Waals surface area contributed by atoms with Crippen molar-refractivity contribution in [3.05, 3.63) is 33.8 Å². The number of aliphatic hydroxyl groups is 1. The highest BCUT2D eigenvalue weighted by molar-refractivity contribution is 9.10. The summed E-state index contributed by atoms with van der Waals surface area (Å²) in [5.74, 6) is -1.32. The summed E-state index contributed by atoms with van der Waals surface area (Å²) in [5, 5.41) is 26.3. The van der Waals surface area contributed by atoms with Gasteiger partial charge in [0, 0.05) is 10.0 Å². The summed E-state index contributed by atoms with van der Waals surface area (Å²) < 4.78 is 0.409. The third kappa shape index (κ3) is 2.10. The maximum absolute atomic E-state index is 10.5. The predicted molar refractivity (Wildman–Crippen MR) is 51.5 cm³/mol. The lowest BCUT2D eigenvalue weighted by atomic mass is 10.1. The maximum Gasteiger partial charge on any atom is 0.337 e. The summed E-state index contributed by atoms with van der Waals surface area (Å²) >= 11 is 3.08. The minimum atomic E-state index is -1.57. The molecule has 1 unspecified atom stereocenters. The predicted octanol–water partition coefficient (Wildman–Crippen LogP) is 1.44. The summed E-state index contributed by atoms with van der Waals surface area (Å²) in [4.78, 5) is 10.5. The van der Waals surface area contributed by atoms with Crippen molar-refractivity contribution in [2.75, 3.05) is 0 Å². The van der Waals surface area contributed by atoms with Crippen molar-refractivity contribution in [3.63, 3.8) is 0 Å². The Kier molecular flexibility index (Phi) is 3.23. The van der Waals surface area contributed by atoms with Crippen LogP contribution in [-0.2, 0) is 4.79 Å². The van der Waals surface area contributed by atoms with E-state index in [0.29, 0.717) is 10.0 Å².